The van der Waals surface area contributed by atoms with Crippen LogP contribution in [0.15, 0.2) is 40.2 Å². The molecule has 4 N–H and O–H groups in total. The number of hydrogen-bond acceptors (Lipinski definition) is 3. The maximum absolute atomic E-state index is 11.3. The fourth-order valence-electron chi connectivity index (χ4n) is 1.55. The van der Waals surface area contributed by atoms with Gasteiger partial charge in [-0.2, -0.15) is 0 Å². The number of amides is 1. The van der Waals surface area contributed by atoms with Crippen LogP contribution in [0.1, 0.15) is 20.8 Å². The number of guanidine groups is 1. The second-order valence-corrected chi connectivity index (χ2v) is 6.70. The fourth-order valence-corrected chi connectivity index (χ4v) is 2.34. The molecule has 6 heteroatoms. The third-order valence-electron chi connectivity index (χ3n) is 3.05. The summed E-state index contributed by atoms with van der Waals surface area (Å²) in [5, 5.41) is 6.44. The van der Waals surface area contributed by atoms with E-state index in [1.807, 2.05) is 25.1 Å². The Morgan fingerprint density at radius 1 is 1.27 bits per heavy atom. The number of primary amides is 1. The monoisotopic (exact) mass is 322 g/mol. The van der Waals surface area contributed by atoms with Gasteiger partial charge in [0.2, 0.25) is 5.91 Å². The summed E-state index contributed by atoms with van der Waals surface area (Å²) in [7, 11) is 0. The lowest BCUT2D eigenvalue weighted by atomic mass is 9.93. The first kappa shape index (κ1) is 18.4. The molecule has 1 aromatic rings. The molecule has 22 heavy (non-hydrogen) atoms. The van der Waals surface area contributed by atoms with Gasteiger partial charge in [0.1, 0.15) is 0 Å². The van der Waals surface area contributed by atoms with Crippen molar-refractivity contribution in [3.05, 3.63) is 30.3 Å². The SMILES string of the molecule is CCNC(=NCC(C)(C)C(N)=O)NCCSc1ccccc1. The Bertz CT molecular complexity index is 488. The summed E-state index contributed by atoms with van der Waals surface area (Å²) >= 11 is 1.79. The maximum Gasteiger partial charge on any atom is 0.224 e. The molecule has 0 heterocycles. The van der Waals surface area contributed by atoms with Crippen molar-refractivity contribution in [3.63, 3.8) is 0 Å². The van der Waals surface area contributed by atoms with E-state index in [0.717, 1.165) is 18.8 Å². The Balaban J connectivity index is 2.42. The first-order valence-electron chi connectivity index (χ1n) is 7.45. The molecule has 0 unspecified atom stereocenters. The van der Waals surface area contributed by atoms with Crippen LogP contribution >= 0.6 is 11.8 Å². The summed E-state index contributed by atoms with van der Waals surface area (Å²) in [4.78, 5) is 17.0. The first-order chi connectivity index (χ1) is 10.5. The lowest BCUT2D eigenvalue weighted by molar-refractivity contribution is -0.125. The van der Waals surface area contributed by atoms with Crippen LogP contribution in [0.5, 0.6) is 0 Å². The van der Waals surface area contributed by atoms with Crippen LogP contribution in [0.25, 0.3) is 0 Å². The Kier molecular flexibility index (Phi) is 7.80. The predicted octanol–water partition coefficient (Wildman–Crippen LogP) is 1.85. The van der Waals surface area contributed by atoms with E-state index < -0.39 is 5.41 Å². The molecule has 0 aliphatic heterocycles. The van der Waals surface area contributed by atoms with Crippen LogP contribution in [0.3, 0.4) is 0 Å². The zero-order valence-electron chi connectivity index (χ0n) is 13.6. The number of benzene rings is 1. The van der Waals surface area contributed by atoms with E-state index in [0.29, 0.717) is 12.5 Å². The van der Waals surface area contributed by atoms with Gasteiger partial charge in [0.25, 0.3) is 0 Å². The standard InChI is InChI=1S/C16H26N4OS/c1-4-18-15(20-12-16(2,3)14(17)21)19-10-11-22-13-8-6-5-7-9-13/h5-9H,4,10-12H2,1-3H3,(H2,17,21)(H2,18,19,20). The molecule has 0 bridgehead atoms. The number of nitrogens with two attached hydrogens (primary N) is 1. The molecular weight excluding hydrogens is 296 g/mol. The molecule has 1 rings (SSSR count). The van der Waals surface area contributed by atoms with Crippen molar-refractivity contribution in [2.24, 2.45) is 16.1 Å². The third kappa shape index (κ3) is 6.85. The van der Waals surface area contributed by atoms with Crippen LogP contribution in [0.4, 0.5) is 0 Å². The molecule has 5 nitrogen and oxygen atoms in total. The molecule has 0 fully saturated rings. The normalized spacial score (nSPS) is 12.0. The molecule has 0 saturated carbocycles. The minimum Gasteiger partial charge on any atom is -0.369 e. The van der Waals surface area contributed by atoms with Crippen molar-refractivity contribution in [2.75, 3.05) is 25.4 Å². The third-order valence-corrected chi connectivity index (χ3v) is 4.06. The van der Waals surface area contributed by atoms with E-state index in [-0.39, 0.29) is 5.91 Å². The number of hydrogen-bond donors (Lipinski definition) is 3. The molecule has 0 aliphatic rings. The Morgan fingerprint density at radius 3 is 2.55 bits per heavy atom. The van der Waals surface area contributed by atoms with Crippen molar-refractivity contribution < 1.29 is 4.79 Å². The van der Waals surface area contributed by atoms with E-state index >= 15 is 0 Å². The van der Waals surface area contributed by atoms with Gasteiger partial charge in [-0.1, -0.05) is 18.2 Å². The lowest BCUT2D eigenvalue weighted by Crippen LogP contribution is -2.40. The molecule has 0 spiro atoms. The molecule has 122 valence electrons. The summed E-state index contributed by atoms with van der Waals surface area (Å²) in [5.74, 6) is 1.31. The van der Waals surface area contributed by atoms with E-state index in [4.69, 9.17) is 5.73 Å². The van der Waals surface area contributed by atoms with Crippen LogP contribution < -0.4 is 16.4 Å². The van der Waals surface area contributed by atoms with Gasteiger partial charge in [0.15, 0.2) is 5.96 Å². The highest BCUT2D eigenvalue weighted by Crippen LogP contribution is 2.16. The average molecular weight is 322 g/mol. The molecule has 0 aromatic heterocycles. The van der Waals surface area contributed by atoms with Crippen molar-refractivity contribution in [1.82, 2.24) is 10.6 Å². The van der Waals surface area contributed by atoms with Crippen molar-refractivity contribution in [3.8, 4) is 0 Å². The van der Waals surface area contributed by atoms with Crippen molar-refractivity contribution >= 4 is 23.6 Å². The molecule has 0 atom stereocenters. The van der Waals surface area contributed by atoms with Crippen LogP contribution in [0, 0.1) is 5.41 Å². The minimum absolute atomic E-state index is 0.341. The number of carbonyl (C=O) groups is 1. The summed E-state index contributed by atoms with van der Waals surface area (Å²) in [6.45, 7) is 7.54. The average Bonchev–Trinajstić information content (AvgIpc) is 2.50. The lowest BCUT2D eigenvalue weighted by Gasteiger charge is -2.19. The smallest absolute Gasteiger partial charge is 0.224 e. The predicted molar refractivity (Wildman–Crippen MR) is 94.1 cm³/mol. The second-order valence-electron chi connectivity index (χ2n) is 5.53. The zero-order chi connectivity index (χ0) is 16.4. The minimum atomic E-state index is -0.638. The molecule has 0 aliphatic carbocycles. The summed E-state index contributed by atoms with van der Waals surface area (Å²) in [6, 6.07) is 10.3. The van der Waals surface area contributed by atoms with Gasteiger partial charge < -0.3 is 16.4 Å². The maximum atomic E-state index is 11.3. The molecule has 0 saturated heterocycles. The molecule has 1 aromatic carbocycles. The van der Waals surface area contributed by atoms with Gasteiger partial charge in [-0.25, -0.2) is 0 Å². The first-order valence-corrected chi connectivity index (χ1v) is 8.44. The largest absolute Gasteiger partial charge is 0.369 e. The van der Waals surface area contributed by atoms with Crippen LogP contribution in [0.2, 0.25) is 0 Å². The molecule has 0 radical (unpaired) electrons. The Morgan fingerprint density at radius 2 is 1.95 bits per heavy atom. The number of rotatable bonds is 8. The quantitative estimate of drug-likeness (QED) is 0.295. The number of aliphatic imine (C=N–C) groups is 1. The van der Waals surface area contributed by atoms with Crippen molar-refractivity contribution in [1.29, 1.82) is 0 Å². The van der Waals surface area contributed by atoms with Gasteiger partial charge in [-0.3, -0.25) is 9.79 Å². The highest BCUT2D eigenvalue weighted by molar-refractivity contribution is 7.99. The van der Waals surface area contributed by atoms with E-state index in [2.05, 4.69) is 27.8 Å². The van der Waals surface area contributed by atoms with Gasteiger partial charge in [0, 0.05) is 23.7 Å². The van der Waals surface area contributed by atoms with Gasteiger partial charge in [-0.05, 0) is 32.9 Å². The highest BCUT2D eigenvalue weighted by atomic mass is 32.2. The molecule has 1 amide bonds. The van der Waals surface area contributed by atoms with Crippen LogP contribution in [-0.4, -0.2) is 37.3 Å². The van der Waals surface area contributed by atoms with Gasteiger partial charge in [-0.15, -0.1) is 11.8 Å². The Labute approximate surface area is 137 Å². The molecular formula is C16H26N4OS. The summed E-state index contributed by atoms with van der Waals surface area (Å²) in [6.07, 6.45) is 0. The van der Waals surface area contributed by atoms with Gasteiger partial charge >= 0.3 is 0 Å². The second kappa shape index (κ2) is 9.35. The van der Waals surface area contributed by atoms with Gasteiger partial charge in [0.05, 0.1) is 12.0 Å². The summed E-state index contributed by atoms with van der Waals surface area (Å²) < 4.78 is 0. The topological polar surface area (TPSA) is 79.5 Å². The zero-order valence-corrected chi connectivity index (χ0v) is 14.4. The number of nitrogens with zero attached hydrogens (tertiary/aromatic N) is 1. The van der Waals surface area contributed by atoms with Crippen LogP contribution in [-0.2, 0) is 4.79 Å². The van der Waals surface area contributed by atoms with E-state index in [1.54, 1.807) is 25.6 Å². The number of thioether (sulfide) groups is 1. The van der Waals surface area contributed by atoms with E-state index in [1.165, 1.54) is 4.90 Å². The number of nitrogens with one attached hydrogen (secondary N) is 2. The summed E-state index contributed by atoms with van der Waals surface area (Å²) in [5.41, 5.74) is 4.73. The Hall–Kier alpha value is -1.69. The van der Waals surface area contributed by atoms with Crippen molar-refractivity contribution in [2.45, 2.75) is 25.7 Å². The fraction of sp³-hybridized carbons (Fsp3) is 0.500. The highest BCUT2D eigenvalue weighted by Gasteiger charge is 2.24. The van der Waals surface area contributed by atoms with E-state index in [9.17, 15) is 4.79 Å². The number of carbonyl (C=O) groups excluding carboxylic acids is 1.